The lowest BCUT2D eigenvalue weighted by Gasteiger charge is -2.19. The van der Waals surface area contributed by atoms with Gasteiger partial charge in [-0.2, -0.15) is 4.98 Å². The number of para-hydroxylation sites is 1. The van der Waals surface area contributed by atoms with E-state index in [0.717, 1.165) is 43.7 Å². The lowest BCUT2D eigenvalue weighted by molar-refractivity contribution is -0.118. The second kappa shape index (κ2) is 6.80. The van der Waals surface area contributed by atoms with Crippen LogP contribution in [0.3, 0.4) is 0 Å². The number of amides is 1. The standard InChI is InChI=1S/C19H22N4O2/c1-22-11-8-15(9-12-22)19-20-17(25-21-19)6-7-18(24)23-13-10-14-4-2-3-5-16(14)23/h2-5,8H,6-7,9-13H2,1H3. The van der Waals surface area contributed by atoms with Crippen LogP contribution in [-0.4, -0.2) is 47.6 Å². The zero-order valence-electron chi connectivity index (χ0n) is 14.4. The summed E-state index contributed by atoms with van der Waals surface area (Å²) >= 11 is 0. The maximum absolute atomic E-state index is 12.5. The Labute approximate surface area is 147 Å². The largest absolute Gasteiger partial charge is 0.339 e. The number of hydrogen-bond donors (Lipinski definition) is 0. The number of carbonyl (C=O) groups is 1. The first-order valence-electron chi connectivity index (χ1n) is 8.79. The van der Waals surface area contributed by atoms with Crippen molar-refractivity contribution in [2.45, 2.75) is 25.7 Å². The van der Waals surface area contributed by atoms with Gasteiger partial charge in [0.2, 0.25) is 11.8 Å². The van der Waals surface area contributed by atoms with Crippen LogP contribution in [-0.2, 0) is 17.6 Å². The van der Waals surface area contributed by atoms with Crippen molar-refractivity contribution in [3.63, 3.8) is 0 Å². The van der Waals surface area contributed by atoms with Crippen LogP contribution in [0.15, 0.2) is 34.9 Å². The molecule has 0 atom stereocenters. The zero-order chi connectivity index (χ0) is 17.2. The first-order chi connectivity index (χ1) is 12.2. The van der Waals surface area contributed by atoms with Crippen LogP contribution in [0.25, 0.3) is 5.57 Å². The predicted molar refractivity (Wildman–Crippen MR) is 95.2 cm³/mol. The van der Waals surface area contributed by atoms with Gasteiger partial charge < -0.3 is 14.3 Å². The third-order valence-electron chi connectivity index (χ3n) is 4.91. The number of benzene rings is 1. The Bertz CT molecular complexity index is 811. The predicted octanol–water partition coefficient (Wildman–Crippen LogP) is 2.31. The Kier molecular flexibility index (Phi) is 4.36. The van der Waals surface area contributed by atoms with E-state index in [0.29, 0.717) is 24.6 Å². The van der Waals surface area contributed by atoms with Crippen LogP contribution in [0.2, 0.25) is 0 Å². The average Bonchev–Trinajstić information content (AvgIpc) is 3.27. The van der Waals surface area contributed by atoms with E-state index in [-0.39, 0.29) is 5.91 Å². The molecule has 3 heterocycles. The molecule has 0 fully saturated rings. The van der Waals surface area contributed by atoms with Crippen LogP contribution in [0.5, 0.6) is 0 Å². The zero-order valence-corrected chi connectivity index (χ0v) is 14.4. The van der Waals surface area contributed by atoms with Crippen LogP contribution in [0.4, 0.5) is 5.69 Å². The molecule has 25 heavy (non-hydrogen) atoms. The maximum Gasteiger partial charge on any atom is 0.227 e. The van der Waals surface area contributed by atoms with E-state index in [4.69, 9.17) is 4.52 Å². The van der Waals surface area contributed by atoms with Gasteiger partial charge in [0.05, 0.1) is 0 Å². The molecule has 1 aromatic heterocycles. The van der Waals surface area contributed by atoms with E-state index >= 15 is 0 Å². The molecular formula is C19H22N4O2. The van der Waals surface area contributed by atoms with E-state index in [2.05, 4.69) is 34.2 Å². The van der Waals surface area contributed by atoms with E-state index < -0.39 is 0 Å². The summed E-state index contributed by atoms with van der Waals surface area (Å²) in [4.78, 5) is 21.1. The third-order valence-corrected chi connectivity index (χ3v) is 4.91. The van der Waals surface area contributed by atoms with Crippen molar-refractivity contribution in [3.8, 4) is 0 Å². The number of hydrogen-bond acceptors (Lipinski definition) is 5. The number of aromatic nitrogens is 2. The molecule has 0 aliphatic carbocycles. The Hall–Kier alpha value is -2.47. The number of aryl methyl sites for hydroxylation is 1. The molecule has 0 saturated heterocycles. The first-order valence-corrected chi connectivity index (χ1v) is 8.79. The van der Waals surface area contributed by atoms with Crippen LogP contribution in [0, 0.1) is 0 Å². The van der Waals surface area contributed by atoms with Crippen LogP contribution in [0.1, 0.15) is 30.1 Å². The molecule has 0 radical (unpaired) electrons. The topological polar surface area (TPSA) is 62.5 Å². The van der Waals surface area contributed by atoms with E-state index in [1.165, 1.54) is 5.56 Å². The maximum atomic E-state index is 12.5. The molecule has 2 aliphatic heterocycles. The monoisotopic (exact) mass is 338 g/mol. The minimum absolute atomic E-state index is 0.114. The summed E-state index contributed by atoms with van der Waals surface area (Å²) in [5.41, 5.74) is 3.41. The molecule has 2 aromatic rings. The fourth-order valence-electron chi connectivity index (χ4n) is 3.41. The van der Waals surface area contributed by atoms with E-state index in [1.807, 2.05) is 23.1 Å². The minimum atomic E-state index is 0.114. The molecule has 2 aliphatic rings. The fraction of sp³-hybridized carbons (Fsp3) is 0.421. The van der Waals surface area contributed by atoms with Gasteiger partial charge in [0.15, 0.2) is 5.82 Å². The smallest absolute Gasteiger partial charge is 0.227 e. The van der Waals surface area contributed by atoms with Gasteiger partial charge in [-0.1, -0.05) is 29.4 Å². The van der Waals surface area contributed by atoms with Gasteiger partial charge >= 0.3 is 0 Å². The van der Waals surface area contributed by atoms with Crippen LogP contribution >= 0.6 is 0 Å². The van der Waals surface area contributed by atoms with Gasteiger partial charge in [-0.05, 0) is 37.1 Å². The number of likely N-dealkylation sites (N-methyl/N-ethyl adjacent to an activating group) is 1. The van der Waals surface area contributed by atoms with Gasteiger partial charge in [0.25, 0.3) is 0 Å². The Balaban J connectivity index is 1.37. The molecule has 0 bridgehead atoms. The highest BCUT2D eigenvalue weighted by Crippen LogP contribution is 2.28. The fourth-order valence-corrected chi connectivity index (χ4v) is 3.41. The summed E-state index contributed by atoms with van der Waals surface area (Å²) in [7, 11) is 2.09. The van der Waals surface area contributed by atoms with Gasteiger partial charge in [0.1, 0.15) is 0 Å². The SMILES string of the molecule is CN1CC=C(c2noc(CCC(=O)N3CCc4ccccc43)n2)CC1. The number of anilines is 1. The number of fused-ring (bicyclic) bond motifs is 1. The summed E-state index contributed by atoms with van der Waals surface area (Å²) < 4.78 is 5.34. The van der Waals surface area contributed by atoms with Crippen molar-refractivity contribution in [2.75, 3.05) is 31.6 Å². The molecule has 6 heteroatoms. The van der Waals surface area contributed by atoms with Gasteiger partial charge in [-0.15, -0.1) is 0 Å². The quantitative estimate of drug-likeness (QED) is 0.856. The molecule has 0 spiro atoms. The second-order valence-corrected chi connectivity index (χ2v) is 6.68. The van der Waals surface area contributed by atoms with E-state index in [9.17, 15) is 4.79 Å². The van der Waals surface area contributed by atoms with Crippen molar-refractivity contribution in [2.24, 2.45) is 0 Å². The number of carbonyl (C=O) groups excluding carboxylic acids is 1. The third kappa shape index (κ3) is 3.35. The highest BCUT2D eigenvalue weighted by Gasteiger charge is 2.24. The minimum Gasteiger partial charge on any atom is -0.339 e. The summed E-state index contributed by atoms with van der Waals surface area (Å²) in [6.07, 6.45) is 4.87. The van der Waals surface area contributed by atoms with Gasteiger partial charge in [-0.3, -0.25) is 4.79 Å². The highest BCUT2D eigenvalue weighted by atomic mass is 16.5. The van der Waals surface area contributed by atoms with Gasteiger partial charge in [-0.25, -0.2) is 0 Å². The van der Waals surface area contributed by atoms with Crippen molar-refractivity contribution in [1.82, 2.24) is 15.0 Å². The lowest BCUT2D eigenvalue weighted by Crippen LogP contribution is -2.29. The average molecular weight is 338 g/mol. The molecule has 0 N–H and O–H groups in total. The molecule has 1 amide bonds. The van der Waals surface area contributed by atoms with Gasteiger partial charge in [0, 0.05) is 38.2 Å². The summed E-state index contributed by atoms with van der Waals surface area (Å²) in [6, 6.07) is 8.09. The Morgan fingerprint density at radius 1 is 1.24 bits per heavy atom. The van der Waals surface area contributed by atoms with Crippen molar-refractivity contribution >= 4 is 17.2 Å². The molecule has 130 valence electrons. The summed E-state index contributed by atoms with van der Waals surface area (Å²) in [5.74, 6) is 1.32. The number of nitrogens with zero attached hydrogens (tertiary/aromatic N) is 4. The summed E-state index contributed by atoms with van der Waals surface area (Å²) in [5, 5.41) is 4.08. The highest BCUT2D eigenvalue weighted by molar-refractivity contribution is 5.95. The molecule has 6 nitrogen and oxygen atoms in total. The van der Waals surface area contributed by atoms with Crippen molar-refractivity contribution < 1.29 is 9.32 Å². The van der Waals surface area contributed by atoms with Crippen LogP contribution < -0.4 is 4.90 Å². The number of rotatable bonds is 4. The first kappa shape index (κ1) is 16.0. The molecule has 4 rings (SSSR count). The molecule has 0 saturated carbocycles. The molecule has 1 aromatic carbocycles. The lowest BCUT2D eigenvalue weighted by atomic mass is 10.1. The molecular weight excluding hydrogens is 316 g/mol. The Morgan fingerprint density at radius 2 is 2.12 bits per heavy atom. The van der Waals surface area contributed by atoms with Crippen molar-refractivity contribution in [3.05, 3.63) is 47.6 Å². The van der Waals surface area contributed by atoms with Crippen molar-refractivity contribution in [1.29, 1.82) is 0 Å². The second-order valence-electron chi connectivity index (χ2n) is 6.68. The summed E-state index contributed by atoms with van der Waals surface area (Å²) in [6.45, 7) is 2.67. The molecule has 0 unspecified atom stereocenters. The Morgan fingerprint density at radius 3 is 2.96 bits per heavy atom. The normalized spacial score (nSPS) is 17.5. The van der Waals surface area contributed by atoms with E-state index in [1.54, 1.807) is 0 Å².